The quantitative estimate of drug-likeness (QED) is 0.545. The summed E-state index contributed by atoms with van der Waals surface area (Å²) in [6, 6.07) is 14.6. The molecule has 0 fully saturated rings. The van der Waals surface area contributed by atoms with Gasteiger partial charge in [-0.15, -0.1) is 0 Å². The van der Waals surface area contributed by atoms with Crippen LogP contribution in [0.2, 0.25) is 0 Å². The number of carbonyl (C=O) groups is 2. The number of hydrogen-bond donors (Lipinski definition) is 1. The zero-order valence-corrected chi connectivity index (χ0v) is 18.1. The van der Waals surface area contributed by atoms with E-state index in [1.165, 1.54) is 0 Å². The van der Waals surface area contributed by atoms with E-state index in [9.17, 15) is 9.59 Å². The van der Waals surface area contributed by atoms with Gasteiger partial charge in [0.25, 0.3) is 5.91 Å². The molecule has 0 bridgehead atoms. The molecule has 2 aromatic carbocycles. The van der Waals surface area contributed by atoms with Gasteiger partial charge in [-0.3, -0.25) is 9.59 Å². The second kappa shape index (κ2) is 9.93. The van der Waals surface area contributed by atoms with Crippen molar-refractivity contribution >= 4 is 17.6 Å². The summed E-state index contributed by atoms with van der Waals surface area (Å²) in [7, 11) is 0. The average Bonchev–Trinajstić information content (AvgIpc) is 3.06. The Morgan fingerprint density at radius 2 is 1.71 bits per heavy atom. The van der Waals surface area contributed by atoms with E-state index in [1.54, 1.807) is 43.3 Å². The number of ether oxygens (including phenoxy) is 2. The van der Waals surface area contributed by atoms with E-state index in [-0.39, 0.29) is 12.3 Å². The molecule has 31 heavy (non-hydrogen) atoms. The zero-order chi connectivity index (χ0) is 22.4. The standard InChI is InChI=1S/C24H26N2O5/c1-15-5-9-20(10-6-15)25-24(28)18(4)30-23(27)13-19-7-11-21(12-8-19)29-14-22-16(2)26-31-17(22)3/h5-12,18H,13-14H2,1-4H3,(H,25,28)/t18-/m1/s1. The van der Waals surface area contributed by atoms with Crippen molar-refractivity contribution in [2.45, 2.75) is 46.8 Å². The van der Waals surface area contributed by atoms with Gasteiger partial charge in [-0.25, -0.2) is 0 Å². The predicted molar refractivity (Wildman–Crippen MR) is 116 cm³/mol. The van der Waals surface area contributed by atoms with Crippen molar-refractivity contribution in [1.29, 1.82) is 0 Å². The highest BCUT2D eigenvalue weighted by Crippen LogP contribution is 2.18. The molecule has 3 rings (SSSR count). The molecule has 0 spiro atoms. The van der Waals surface area contributed by atoms with Crippen LogP contribution in [0.4, 0.5) is 5.69 Å². The van der Waals surface area contributed by atoms with Crippen LogP contribution >= 0.6 is 0 Å². The van der Waals surface area contributed by atoms with E-state index in [2.05, 4.69) is 10.5 Å². The summed E-state index contributed by atoms with van der Waals surface area (Å²) in [6.45, 7) is 7.58. The number of hydrogen-bond acceptors (Lipinski definition) is 6. The molecule has 1 heterocycles. The first kappa shape index (κ1) is 22.1. The van der Waals surface area contributed by atoms with E-state index in [0.29, 0.717) is 18.0 Å². The van der Waals surface area contributed by atoms with Crippen LogP contribution in [0, 0.1) is 20.8 Å². The number of rotatable bonds is 8. The molecule has 0 aliphatic carbocycles. The maximum absolute atomic E-state index is 12.2. The molecule has 7 nitrogen and oxygen atoms in total. The molecule has 7 heteroatoms. The van der Waals surface area contributed by atoms with Gasteiger partial charge in [0.05, 0.1) is 17.7 Å². The molecule has 0 saturated heterocycles. The first-order valence-corrected chi connectivity index (χ1v) is 10.0. The molecule has 0 unspecified atom stereocenters. The van der Waals surface area contributed by atoms with E-state index < -0.39 is 12.1 Å². The Morgan fingerprint density at radius 1 is 1.03 bits per heavy atom. The molecule has 0 aliphatic rings. The monoisotopic (exact) mass is 422 g/mol. The Kier molecular flexibility index (Phi) is 7.07. The van der Waals surface area contributed by atoms with Crippen molar-refractivity contribution < 1.29 is 23.6 Å². The van der Waals surface area contributed by atoms with Gasteiger partial charge in [0, 0.05) is 5.69 Å². The lowest BCUT2D eigenvalue weighted by atomic mass is 10.1. The van der Waals surface area contributed by atoms with Crippen LogP contribution in [-0.2, 0) is 27.4 Å². The van der Waals surface area contributed by atoms with E-state index in [1.807, 2.05) is 32.9 Å². The number of anilines is 1. The summed E-state index contributed by atoms with van der Waals surface area (Å²) < 4.78 is 16.2. The lowest BCUT2D eigenvalue weighted by molar-refractivity contribution is -0.152. The number of esters is 1. The third kappa shape index (κ3) is 6.18. The number of aryl methyl sites for hydroxylation is 3. The molecule has 3 aromatic rings. The second-order valence-electron chi connectivity index (χ2n) is 7.40. The van der Waals surface area contributed by atoms with E-state index in [4.69, 9.17) is 14.0 Å². The molecule has 0 aliphatic heterocycles. The van der Waals surface area contributed by atoms with Gasteiger partial charge >= 0.3 is 5.97 Å². The third-order valence-electron chi connectivity index (χ3n) is 4.83. The molecule has 1 atom stereocenters. The van der Waals surface area contributed by atoms with Crippen LogP contribution in [0.25, 0.3) is 0 Å². The largest absolute Gasteiger partial charge is 0.489 e. The Hall–Kier alpha value is -3.61. The van der Waals surface area contributed by atoms with Crippen LogP contribution in [0.5, 0.6) is 5.75 Å². The Bertz CT molecular complexity index is 1020. The average molecular weight is 422 g/mol. The van der Waals surface area contributed by atoms with Crippen LogP contribution in [0.15, 0.2) is 53.1 Å². The van der Waals surface area contributed by atoms with Crippen LogP contribution in [0.3, 0.4) is 0 Å². The summed E-state index contributed by atoms with van der Waals surface area (Å²) in [5, 5.41) is 6.64. The zero-order valence-electron chi connectivity index (χ0n) is 18.1. The topological polar surface area (TPSA) is 90.7 Å². The van der Waals surface area contributed by atoms with Gasteiger partial charge in [-0.2, -0.15) is 0 Å². The van der Waals surface area contributed by atoms with Crippen molar-refractivity contribution in [2.24, 2.45) is 0 Å². The Morgan fingerprint density at radius 3 is 2.32 bits per heavy atom. The lowest BCUT2D eigenvalue weighted by Crippen LogP contribution is -2.30. The summed E-state index contributed by atoms with van der Waals surface area (Å²) in [4.78, 5) is 24.4. The minimum Gasteiger partial charge on any atom is -0.489 e. The SMILES string of the molecule is Cc1ccc(NC(=O)[C@@H](C)OC(=O)Cc2ccc(OCc3c(C)noc3C)cc2)cc1. The highest BCUT2D eigenvalue weighted by molar-refractivity contribution is 5.95. The summed E-state index contributed by atoms with van der Waals surface area (Å²) in [5.74, 6) is 0.552. The predicted octanol–water partition coefficient (Wildman–Crippen LogP) is 4.29. The van der Waals surface area contributed by atoms with Crippen LogP contribution < -0.4 is 10.1 Å². The summed E-state index contributed by atoms with van der Waals surface area (Å²) in [6.07, 6.45) is -0.835. The highest BCUT2D eigenvalue weighted by Gasteiger charge is 2.18. The summed E-state index contributed by atoms with van der Waals surface area (Å²) in [5.41, 5.74) is 4.24. The number of amides is 1. The number of carbonyl (C=O) groups excluding carboxylic acids is 2. The van der Waals surface area contributed by atoms with Crippen molar-refractivity contribution in [3.8, 4) is 5.75 Å². The normalized spacial score (nSPS) is 11.6. The molecule has 1 amide bonds. The summed E-state index contributed by atoms with van der Waals surface area (Å²) >= 11 is 0. The van der Waals surface area contributed by atoms with Crippen molar-refractivity contribution in [2.75, 3.05) is 5.32 Å². The van der Waals surface area contributed by atoms with Gasteiger partial charge < -0.3 is 19.3 Å². The fourth-order valence-electron chi connectivity index (χ4n) is 2.91. The number of benzene rings is 2. The van der Waals surface area contributed by atoms with Crippen molar-refractivity contribution in [3.05, 3.63) is 76.7 Å². The Labute approximate surface area is 181 Å². The molecule has 0 radical (unpaired) electrons. The highest BCUT2D eigenvalue weighted by atomic mass is 16.5. The van der Waals surface area contributed by atoms with Gasteiger partial charge in [0.2, 0.25) is 0 Å². The number of nitrogens with one attached hydrogen (secondary N) is 1. The lowest BCUT2D eigenvalue weighted by Gasteiger charge is -2.14. The first-order valence-electron chi connectivity index (χ1n) is 10.0. The van der Waals surface area contributed by atoms with E-state index in [0.717, 1.165) is 28.1 Å². The molecule has 0 saturated carbocycles. The maximum atomic E-state index is 12.2. The third-order valence-corrected chi connectivity index (χ3v) is 4.83. The van der Waals surface area contributed by atoms with Crippen LogP contribution in [-0.4, -0.2) is 23.1 Å². The molecular formula is C24H26N2O5. The molecular weight excluding hydrogens is 396 g/mol. The fourth-order valence-corrected chi connectivity index (χ4v) is 2.91. The van der Waals surface area contributed by atoms with E-state index >= 15 is 0 Å². The van der Waals surface area contributed by atoms with Gasteiger partial charge in [-0.05, 0) is 57.5 Å². The van der Waals surface area contributed by atoms with Crippen molar-refractivity contribution in [1.82, 2.24) is 5.16 Å². The minimum absolute atomic E-state index is 0.0618. The van der Waals surface area contributed by atoms with Gasteiger partial charge in [0.15, 0.2) is 6.10 Å². The first-order chi connectivity index (χ1) is 14.8. The Balaban J connectivity index is 1.47. The smallest absolute Gasteiger partial charge is 0.311 e. The van der Waals surface area contributed by atoms with Crippen molar-refractivity contribution in [3.63, 3.8) is 0 Å². The number of aromatic nitrogens is 1. The minimum atomic E-state index is -0.897. The fraction of sp³-hybridized carbons (Fsp3) is 0.292. The van der Waals surface area contributed by atoms with Gasteiger partial charge in [0.1, 0.15) is 18.1 Å². The maximum Gasteiger partial charge on any atom is 0.311 e. The molecule has 1 N–H and O–H groups in total. The molecule has 1 aromatic heterocycles. The van der Waals surface area contributed by atoms with Crippen LogP contribution in [0.1, 0.15) is 35.1 Å². The van der Waals surface area contributed by atoms with Gasteiger partial charge in [-0.1, -0.05) is 35.0 Å². The number of nitrogens with zero attached hydrogens (tertiary/aromatic N) is 1. The second-order valence-corrected chi connectivity index (χ2v) is 7.40. The molecule has 162 valence electrons.